The van der Waals surface area contributed by atoms with E-state index in [4.69, 9.17) is 9.42 Å². The Hall–Kier alpha value is 0.110. The minimum atomic E-state index is -3.26. The van der Waals surface area contributed by atoms with Crippen LogP contribution in [0, 0.1) is 0 Å². The summed E-state index contributed by atoms with van der Waals surface area (Å²) in [6.45, 7) is 2.26. The third-order valence-corrected chi connectivity index (χ3v) is 1.75. The molecule has 0 aliphatic carbocycles. The molecule has 0 heterocycles. The molecule has 0 bridgehead atoms. The van der Waals surface area contributed by atoms with E-state index >= 15 is 0 Å². The van der Waals surface area contributed by atoms with Crippen LogP contribution < -0.4 is 0 Å². The van der Waals surface area contributed by atoms with E-state index in [2.05, 4.69) is 0 Å². The molecule has 0 amide bonds. The molecule has 1 atom stereocenters. The lowest BCUT2D eigenvalue weighted by molar-refractivity contribution is -0.870. The van der Waals surface area contributed by atoms with Crippen LogP contribution in [0.25, 0.3) is 0 Å². The zero-order valence-electron chi connectivity index (χ0n) is 7.57. The summed E-state index contributed by atoms with van der Waals surface area (Å²) in [5.41, 5.74) is 0. The lowest BCUT2D eigenvalue weighted by Crippen LogP contribution is -2.37. The minimum Gasteiger partial charge on any atom is -0.329 e. The van der Waals surface area contributed by atoms with Gasteiger partial charge in [-0.25, -0.2) is 0 Å². The van der Waals surface area contributed by atoms with E-state index in [1.165, 1.54) is 6.66 Å². The Morgan fingerprint density at radius 2 is 1.91 bits per heavy atom. The molecule has 0 spiro atoms. The predicted octanol–water partition coefficient (Wildman–Crippen LogP) is 0.524. The first-order chi connectivity index (χ1) is 4.71. The van der Waals surface area contributed by atoms with E-state index < -0.39 is 7.60 Å². The molecule has 0 rings (SSSR count). The van der Waals surface area contributed by atoms with Crippen LogP contribution in [0.1, 0.15) is 0 Å². The van der Waals surface area contributed by atoms with Crippen LogP contribution in [0.5, 0.6) is 0 Å². The highest BCUT2D eigenvalue weighted by Crippen LogP contribution is 2.35. The van der Waals surface area contributed by atoms with Gasteiger partial charge >= 0.3 is 7.60 Å². The van der Waals surface area contributed by atoms with Crippen LogP contribution in [-0.4, -0.2) is 50.3 Å². The topological polar surface area (TPSA) is 46.5 Å². The summed E-state index contributed by atoms with van der Waals surface area (Å²) in [5, 5.41) is 0. The second kappa shape index (κ2) is 3.68. The third-order valence-electron chi connectivity index (χ3n) is 1.09. The van der Waals surface area contributed by atoms with Crippen LogP contribution in [0.15, 0.2) is 0 Å². The average molecular weight is 182 g/mol. The number of likely N-dealkylation sites (N-methyl/N-ethyl adjacent to an activating group) is 1. The largest absolute Gasteiger partial charge is 0.329 e. The molecule has 11 heavy (non-hydrogen) atoms. The summed E-state index contributed by atoms with van der Waals surface area (Å²) >= 11 is 0. The molecule has 68 valence electrons. The molecule has 0 aromatic rings. The molecule has 0 aromatic heterocycles. The van der Waals surface area contributed by atoms with Gasteiger partial charge in [-0.3, -0.25) is 4.57 Å². The van der Waals surface area contributed by atoms with Crippen molar-refractivity contribution in [1.29, 1.82) is 0 Å². The highest BCUT2D eigenvalue weighted by atomic mass is 31.2. The van der Waals surface area contributed by atoms with Crippen molar-refractivity contribution >= 4 is 7.60 Å². The second-order valence-electron chi connectivity index (χ2n) is 3.65. The maximum Gasteiger partial charge on any atom is 0.325 e. The van der Waals surface area contributed by atoms with E-state index in [0.29, 0.717) is 6.61 Å². The van der Waals surface area contributed by atoms with Gasteiger partial charge in [0.2, 0.25) is 0 Å². The molecule has 1 N–H and O–H groups in total. The number of rotatable bonds is 4. The summed E-state index contributed by atoms with van der Waals surface area (Å²) in [4.78, 5) is 8.74. The van der Waals surface area contributed by atoms with Gasteiger partial charge in [-0.15, -0.1) is 0 Å². The Balaban J connectivity index is 3.52. The molecule has 1 unspecified atom stereocenters. The van der Waals surface area contributed by atoms with Crippen LogP contribution in [0.4, 0.5) is 0 Å². The highest BCUT2D eigenvalue weighted by Gasteiger charge is 2.13. The van der Waals surface area contributed by atoms with Crippen molar-refractivity contribution in [1.82, 2.24) is 0 Å². The van der Waals surface area contributed by atoms with Crippen molar-refractivity contribution < 1.29 is 18.5 Å². The van der Waals surface area contributed by atoms with Crippen molar-refractivity contribution in [3.8, 4) is 0 Å². The van der Waals surface area contributed by atoms with Crippen molar-refractivity contribution in [2.75, 3.05) is 41.0 Å². The Labute approximate surface area is 67.9 Å². The molecular weight excluding hydrogens is 165 g/mol. The first kappa shape index (κ1) is 11.1. The zero-order valence-corrected chi connectivity index (χ0v) is 8.47. The van der Waals surface area contributed by atoms with Gasteiger partial charge in [0.05, 0.1) is 21.1 Å². The monoisotopic (exact) mass is 182 g/mol. The molecule has 0 aromatic carbocycles. The fraction of sp³-hybridized carbons (Fsp3) is 1.00. The van der Waals surface area contributed by atoms with Crippen LogP contribution >= 0.6 is 7.60 Å². The standard InChI is InChI=1S/C6H16NO3P/c1-7(2,3)5-6-10-11(4,8)9/h5-6H2,1-4H3/p+1. The summed E-state index contributed by atoms with van der Waals surface area (Å²) in [6.07, 6.45) is 0. The molecule has 0 saturated heterocycles. The van der Waals surface area contributed by atoms with E-state index in [0.717, 1.165) is 11.0 Å². The zero-order chi connectivity index (χ0) is 9.12. The Morgan fingerprint density at radius 3 is 2.18 bits per heavy atom. The highest BCUT2D eigenvalue weighted by molar-refractivity contribution is 7.51. The fourth-order valence-corrected chi connectivity index (χ4v) is 0.904. The maximum absolute atomic E-state index is 10.6. The van der Waals surface area contributed by atoms with Gasteiger partial charge in [0, 0.05) is 6.66 Å². The van der Waals surface area contributed by atoms with Gasteiger partial charge in [0.1, 0.15) is 13.2 Å². The molecule has 4 nitrogen and oxygen atoms in total. The lowest BCUT2D eigenvalue weighted by atomic mass is 10.5. The van der Waals surface area contributed by atoms with Gasteiger partial charge < -0.3 is 13.9 Å². The molecule has 0 fully saturated rings. The molecule has 0 aliphatic heterocycles. The average Bonchev–Trinajstić information content (AvgIpc) is 1.55. The van der Waals surface area contributed by atoms with Gasteiger partial charge in [-0.05, 0) is 0 Å². The summed E-state index contributed by atoms with van der Waals surface area (Å²) in [6, 6.07) is 0. The van der Waals surface area contributed by atoms with Crippen molar-refractivity contribution in [3.63, 3.8) is 0 Å². The Kier molecular flexibility index (Phi) is 3.71. The number of hydrogen-bond acceptors (Lipinski definition) is 2. The first-order valence-corrected chi connectivity index (χ1v) is 5.48. The quantitative estimate of drug-likeness (QED) is 0.509. The van der Waals surface area contributed by atoms with Crippen LogP contribution in [0.2, 0.25) is 0 Å². The molecule has 0 aliphatic rings. The molecule has 5 heteroatoms. The van der Waals surface area contributed by atoms with E-state index in [-0.39, 0.29) is 0 Å². The molecule has 0 radical (unpaired) electrons. The summed E-state index contributed by atoms with van der Waals surface area (Å²) in [5.74, 6) is 0. The van der Waals surface area contributed by atoms with Crippen LogP contribution in [0.3, 0.4) is 0 Å². The Morgan fingerprint density at radius 1 is 1.45 bits per heavy atom. The van der Waals surface area contributed by atoms with E-state index in [1.807, 2.05) is 21.1 Å². The maximum atomic E-state index is 10.6. The molecular formula is C6H17NO3P+. The fourth-order valence-electron chi connectivity index (χ4n) is 0.484. The number of nitrogens with zero attached hydrogens (tertiary/aromatic N) is 1. The van der Waals surface area contributed by atoms with Gasteiger partial charge in [0.25, 0.3) is 0 Å². The SMILES string of the molecule is C[N+](C)(C)CCOP(C)(=O)O. The minimum absolute atomic E-state index is 0.327. The van der Waals surface area contributed by atoms with Gasteiger partial charge in [-0.2, -0.15) is 0 Å². The number of hydrogen-bond donors (Lipinski definition) is 1. The molecule has 0 saturated carbocycles. The van der Waals surface area contributed by atoms with Crippen LogP contribution in [-0.2, 0) is 9.09 Å². The van der Waals surface area contributed by atoms with Gasteiger partial charge in [-0.1, -0.05) is 0 Å². The van der Waals surface area contributed by atoms with E-state index in [9.17, 15) is 4.57 Å². The van der Waals surface area contributed by atoms with Crippen molar-refractivity contribution in [2.45, 2.75) is 0 Å². The van der Waals surface area contributed by atoms with Crippen molar-refractivity contribution in [2.24, 2.45) is 0 Å². The normalized spacial score (nSPS) is 17.9. The lowest BCUT2D eigenvalue weighted by Gasteiger charge is -2.23. The summed E-state index contributed by atoms with van der Waals surface area (Å²) < 4.78 is 16.1. The Bertz CT molecular complexity index is 158. The third kappa shape index (κ3) is 10.1. The second-order valence-corrected chi connectivity index (χ2v) is 5.51. The van der Waals surface area contributed by atoms with E-state index in [1.54, 1.807) is 0 Å². The summed E-state index contributed by atoms with van der Waals surface area (Å²) in [7, 11) is 2.74. The first-order valence-electron chi connectivity index (χ1n) is 3.46. The van der Waals surface area contributed by atoms with Gasteiger partial charge in [0.15, 0.2) is 0 Å². The smallest absolute Gasteiger partial charge is 0.325 e. The number of quaternary nitrogens is 1. The van der Waals surface area contributed by atoms with Crippen molar-refractivity contribution in [3.05, 3.63) is 0 Å². The predicted molar refractivity (Wildman–Crippen MR) is 44.6 cm³/mol.